The lowest BCUT2D eigenvalue weighted by molar-refractivity contribution is -0.606. The van der Waals surface area contributed by atoms with Crippen LogP contribution in [0.4, 0.5) is 0 Å². The molecule has 2 atom stereocenters. The van der Waals surface area contributed by atoms with Gasteiger partial charge in [0.05, 0.1) is 0 Å². The van der Waals surface area contributed by atoms with Crippen LogP contribution in [0, 0.1) is 0 Å². The molecule has 1 aromatic heterocycles. The van der Waals surface area contributed by atoms with Crippen LogP contribution in [0.3, 0.4) is 0 Å². The van der Waals surface area contributed by atoms with Crippen molar-refractivity contribution in [2.45, 2.75) is 6.04 Å². The van der Waals surface area contributed by atoms with E-state index in [0.29, 0.717) is 5.56 Å². The summed E-state index contributed by atoms with van der Waals surface area (Å²) in [5.74, 6) is -0.836. The highest BCUT2D eigenvalue weighted by Crippen LogP contribution is 2.43. The Morgan fingerprint density at radius 3 is 1.94 bits per heavy atom. The van der Waals surface area contributed by atoms with Gasteiger partial charge in [0.2, 0.25) is 0 Å². The largest absolute Gasteiger partial charge is 0.700 e. The zero-order valence-corrected chi connectivity index (χ0v) is 17.9. The lowest BCUT2D eigenvalue weighted by Crippen LogP contribution is -2.65. The molecule has 10 nitrogen and oxygen atoms in total. The highest BCUT2D eigenvalue weighted by Gasteiger charge is 2.64. The van der Waals surface area contributed by atoms with Gasteiger partial charge in [0.25, 0.3) is 10.3 Å². The molecule has 0 saturated carbocycles. The number of pyridine rings is 1. The van der Waals surface area contributed by atoms with Gasteiger partial charge in [-0.05, 0) is 15.4 Å². The monoisotopic (exact) mass is 472 g/mol. The van der Waals surface area contributed by atoms with Crippen molar-refractivity contribution >= 4 is 32.2 Å². The Hall–Kier alpha value is -3.29. The lowest BCUT2D eigenvalue weighted by Gasteiger charge is -2.41. The zero-order chi connectivity index (χ0) is 23.0. The van der Waals surface area contributed by atoms with Gasteiger partial charge in [0.15, 0.2) is 6.04 Å². The van der Waals surface area contributed by atoms with Gasteiger partial charge in [0.1, 0.15) is 11.4 Å². The van der Waals surface area contributed by atoms with Gasteiger partial charge in [-0.1, -0.05) is 71.8 Å². The van der Waals surface area contributed by atoms with Crippen molar-refractivity contribution in [3.63, 3.8) is 0 Å². The van der Waals surface area contributed by atoms with Crippen LogP contribution in [-0.4, -0.2) is 45.8 Å². The predicted molar refractivity (Wildman–Crippen MR) is 114 cm³/mol. The van der Waals surface area contributed by atoms with E-state index in [9.17, 15) is 25.9 Å². The van der Waals surface area contributed by atoms with Crippen LogP contribution >= 0.6 is 0 Å². The molecule has 2 aromatic carbocycles. The number of hydrogen-bond donors (Lipinski definition) is 1. The number of hydrogen-bond acceptors (Lipinski definition) is 8. The Balaban J connectivity index is 2.19. The molecule has 0 bridgehead atoms. The summed E-state index contributed by atoms with van der Waals surface area (Å²) in [7, 11) is -11.6. The Morgan fingerprint density at radius 2 is 1.41 bits per heavy atom. The normalized spacial score (nSPS) is 21.5. The molecule has 0 radical (unpaired) electrons. The van der Waals surface area contributed by atoms with Crippen molar-refractivity contribution in [1.29, 1.82) is 0 Å². The molecule has 32 heavy (non-hydrogen) atoms. The maximum absolute atomic E-state index is 12.9. The molecular formula is C20H16N4O6S2. The minimum Gasteiger partial charge on any atom is -0.700 e. The first kappa shape index (κ1) is 21.9. The second-order valence-electron chi connectivity index (χ2n) is 6.78. The molecule has 12 heteroatoms. The number of aromatic nitrogens is 1. The zero-order valence-electron chi connectivity index (χ0n) is 16.3. The first-order valence-corrected chi connectivity index (χ1v) is 11.9. The van der Waals surface area contributed by atoms with Crippen molar-refractivity contribution < 1.29 is 29.2 Å². The summed E-state index contributed by atoms with van der Waals surface area (Å²) in [6.45, 7) is 0. The van der Waals surface area contributed by atoms with Crippen LogP contribution in [0.5, 0.6) is 0 Å². The molecule has 0 aliphatic carbocycles. The third-order valence-electron chi connectivity index (χ3n) is 4.90. The van der Waals surface area contributed by atoms with Crippen LogP contribution in [0.1, 0.15) is 22.9 Å². The quantitative estimate of drug-likeness (QED) is 0.441. The number of nitrogens with zero attached hydrogens (tertiary/aromatic N) is 4. The van der Waals surface area contributed by atoms with Gasteiger partial charge in [-0.3, -0.25) is 0 Å². The Kier molecular flexibility index (Phi) is 5.48. The van der Waals surface area contributed by atoms with E-state index in [0.717, 1.165) is 0 Å². The van der Waals surface area contributed by atoms with Crippen LogP contribution in [0.2, 0.25) is 0 Å². The van der Waals surface area contributed by atoms with E-state index in [-0.39, 0.29) is 17.0 Å². The predicted octanol–water partition coefficient (Wildman–Crippen LogP) is 2.07. The molecule has 164 valence electrons. The van der Waals surface area contributed by atoms with Crippen molar-refractivity contribution in [2.24, 2.45) is 10.2 Å². The highest BCUT2D eigenvalue weighted by molar-refractivity contribution is 7.93. The molecule has 4 rings (SSSR count). The average Bonchev–Trinajstić information content (AvgIpc) is 2.78. The molecular weight excluding hydrogens is 456 g/mol. The van der Waals surface area contributed by atoms with Crippen molar-refractivity contribution in [2.75, 3.05) is 0 Å². The van der Waals surface area contributed by atoms with Crippen LogP contribution in [0.25, 0.3) is 0 Å². The standard InChI is InChI=1S/C20H16N4O6S2/c25-31(26,27)24(32(28,29)30)19(16-11-5-2-6-12-16)18(15-9-3-1-4-10-15)22-23-20(24)17-13-7-8-14-21-17/h1-14,19H,(H-,25,26,27,28,29,30). The molecule has 0 amide bonds. The van der Waals surface area contributed by atoms with Gasteiger partial charge < -0.3 is 4.55 Å². The van der Waals surface area contributed by atoms with E-state index in [1.165, 1.54) is 36.5 Å². The Labute approximate surface area is 184 Å². The Bertz CT molecular complexity index is 1380. The second-order valence-corrected chi connectivity index (χ2v) is 9.91. The maximum Gasteiger partial charge on any atom is 0.454 e. The topological polar surface area (TPSA) is 149 Å². The molecule has 1 aliphatic heterocycles. The van der Waals surface area contributed by atoms with Crippen molar-refractivity contribution in [1.82, 2.24) is 4.98 Å². The minimum absolute atomic E-state index is 0.107. The fraction of sp³-hybridized carbons (Fsp3) is 0.0500. The summed E-state index contributed by atoms with van der Waals surface area (Å²) in [6, 6.07) is 18.1. The van der Waals surface area contributed by atoms with Crippen molar-refractivity contribution in [3.8, 4) is 0 Å². The van der Waals surface area contributed by atoms with Crippen LogP contribution in [-0.2, 0) is 20.6 Å². The molecule has 2 unspecified atom stereocenters. The first-order valence-electron chi connectivity index (χ1n) is 9.18. The number of amidine groups is 1. The number of rotatable bonds is 5. The molecule has 2 heterocycles. The summed E-state index contributed by atoms with van der Waals surface area (Å²) in [4.78, 5) is 3.96. The van der Waals surface area contributed by atoms with Gasteiger partial charge in [-0.2, -0.15) is 8.42 Å². The van der Waals surface area contributed by atoms with E-state index in [1.54, 1.807) is 48.5 Å². The highest BCUT2D eigenvalue weighted by atomic mass is 32.3. The molecule has 0 spiro atoms. The minimum atomic E-state index is -5.88. The second kappa shape index (κ2) is 8.00. The molecule has 1 aliphatic rings. The number of benzene rings is 2. The van der Waals surface area contributed by atoms with Crippen molar-refractivity contribution in [3.05, 3.63) is 102 Å². The van der Waals surface area contributed by atoms with Gasteiger partial charge in [0, 0.05) is 17.3 Å². The number of quaternary nitrogens is 1. The maximum atomic E-state index is 12.9. The third kappa shape index (κ3) is 3.43. The lowest BCUT2D eigenvalue weighted by atomic mass is 9.95. The summed E-state index contributed by atoms with van der Waals surface area (Å²) in [6.07, 6.45) is 1.27. The van der Waals surface area contributed by atoms with E-state index in [2.05, 4.69) is 15.2 Å². The van der Waals surface area contributed by atoms with E-state index in [4.69, 9.17) is 0 Å². The molecule has 0 fully saturated rings. The fourth-order valence-corrected chi connectivity index (χ4v) is 6.20. The fourth-order valence-electron chi connectivity index (χ4n) is 3.61. The summed E-state index contributed by atoms with van der Waals surface area (Å²) >= 11 is 0. The van der Waals surface area contributed by atoms with Gasteiger partial charge in [-0.15, -0.1) is 13.5 Å². The van der Waals surface area contributed by atoms with Gasteiger partial charge >= 0.3 is 16.1 Å². The van der Waals surface area contributed by atoms with Gasteiger partial charge in [-0.25, -0.2) is 9.54 Å². The molecule has 1 N–H and O–H groups in total. The first-order chi connectivity index (χ1) is 15.2. The Morgan fingerprint density at radius 1 is 0.812 bits per heavy atom. The smallest absolute Gasteiger partial charge is 0.454 e. The van der Waals surface area contributed by atoms with E-state index in [1.807, 2.05) is 0 Å². The summed E-state index contributed by atoms with van der Waals surface area (Å²) < 4.78 is 72.1. The van der Waals surface area contributed by atoms with Crippen LogP contribution in [0.15, 0.2) is 95.3 Å². The van der Waals surface area contributed by atoms with Crippen LogP contribution < -0.4 is 0 Å². The average molecular weight is 473 g/mol. The molecule has 3 aromatic rings. The third-order valence-corrected chi connectivity index (χ3v) is 8.13. The summed E-state index contributed by atoms with van der Waals surface area (Å²) in [5, 5.41) is 7.92. The SMILES string of the molecule is O=S(=O)([O-])[N+]1(S(=O)(=O)O)C(c2ccccn2)=NN=C(c2ccccc2)C1c1ccccc1. The summed E-state index contributed by atoms with van der Waals surface area (Å²) in [5.41, 5.74) is 0.0466. The molecule has 0 saturated heterocycles. The van der Waals surface area contributed by atoms with E-state index >= 15 is 0 Å². The van der Waals surface area contributed by atoms with E-state index < -0.39 is 35.8 Å².